The molecule has 2 aromatic rings. The molecule has 0 spiro atoms. The predicted octanol–water partition coefficient (Wildman–Crippen LogP) is 1.77. The Morgan fingerprint density at radius 2 is 2.23 bits per heavy atom. The van der Waals surface area contributed by atoms with Crippen molar-refractivity contribution in [3.63, 3.8) is 0 Å². The summed E-state index contributed by atoms with van der Waals surface area (Å²) in [6, 6.07) is 9.06. The van der Waals surface area contributed by atoms with Crippen LogP contribution in [0.4, 0.5) is 0 Å². The number of fused-ring (bicyclic) bond motifs is 1. The second-order valence-corrected chi connectivity index (χ2v) is 2.57. The third-order valence-electron chi connectivity index (χ3n) is 1.76. The lowest BCUT2D eigenvalue weighted by Gasteiger charge is -1.99. The van der Waals surface area contributed by atoms with Gasteiger partial charge in [0.05, 0.1) is 5.52 Å². The molecule has 0 amide bonds. The van der Waals surface area contributed by atoms with E-state index in [0.29, 0.717) is 12.2 Å². The highest BCUT2D eigenvalue weighted by molar-refractivity contribution is 5.80. The fraction of sp³-hybridized carbons (Fsp3) is 0. The molecule has 0 unspecified atom stereocenters. The molecule has 13 heavy (non-hydrogen) atoms. The summed E-state index contributed by atoms with van der Waals surface area (Å²) in [5.74, 6) is 0.538. The third-order valence-corrected chi connectivity index (χ3v) is 1.76. The SMILES string of the molecule is O=COc1ccc2ncccc2c1. The van der Waals surface area contributed by atoms with Crippen LogP contribution in [0.3, 0.4) is 0 Å². The van der Waals surface area contributed by atoms with E-state index in [1.807, 2.05) is 18.2 Å². The van der Waals surface area contributed by atoms with Gasteiger partial charge >= 0.3 is 0 Å². The van der Waals surface area contributed by atoms with Gasteiger partial charge in [0.25, 0.3) is 6.47 Å². The monoisotopic (exact) mass is 173 g/mol. The van der Waals surface area contributed by atoms with Crippen LogP contribution in [0.5, 0.6) is 5.75 Å². The first-order valence-electron chi connectivity index (χ1n) is 3.85. The summed E-state index contributed by atoms with van der Waals surface area (Å²) in [4.78, 5) is 14.2. The highest BCUT2D eigenvalue weighted by atomic mass is 16.5. The van der Waals surface area contributed by atoms with Gasteiger partial charge in [-0.3, -0.25) is 9.78 Å². The zero-order chi connectivity index (χ0) is 9.10. The summed E-state index contributed by atoms with van der Waals surface area (Å²) >= 11 is 0. The van der Waals surface area contributed by atoms with E-state index < -0.39 is 0 Å². The lowest BCUT2D eigenvalue weighted by Crippen LogP contribution is -1.88. The van der Waals surface area contributed by atoms with Gasteiger partial charge in [-0.2, -0.15) is 0 Å². The van der Waals surface area contributed by atoms with E-state index in [2.05, 4.69) is 4.98 Å². The van der Waals surface area contributed by atoms with Gasteiger partial charge in [-0.15, -0.1) is 0 Å². The van der Waals surface area contributed by atoms with Crippen molar-refractivity contribution in [3.8, 4) is 5.75 Å². The molecule has 0 fully saturated rings. The Labute approximate surface area is 75.0 Å². The van der Waals surface area contributed by atoms with Gasteiger partial charge in [0.15, 0.2) is 0 Å². The molecule has 0 aliphatic heterocycles. The normalized spacial score (nSPS) is 9.85. The number of ether oxygens (including phenoxy) is 1. The number of hydrogen-bond donors (Lipinski definition) is 0. The van der Waals surface area contributed by atoms with E-state index in [-0.39, 0.29) is 0 Å². The molecule has 0 bridgehead atoms. The van der Waals surface area contributed by atoms with Crippen LogP contribution < -0.4 is 4.74 Å². The van der Waals surface area contributed by atoms with Gasteiger partial charge < -0.3 is 4.74 Å². The number of benzene rings is 1. The van der Waals surface area contributed by atoms with Gasteiger partial charge in [-0.25, -0.2) is 0 Å². The van der Waals surface area contributed by atoms with E-state index in [0.717, 1.165) is 10.9 Å². The first-order chi connectivity index (χ1) is 6.40. The lowest BCUT2D eigenvalue weighted by molar-refractivity contribution is -0.120. The molecule has 2 rings (SSSR count). The molecule has 3 nitrogen and oxygen atoms in total. The van der Waals surface area contributed by atoms with Gasteiger partial charge in [0.1, 0.15) is 5.75 Å². The average Bonchev–Trinajstić information content (AvgIpc) is 2.18. The van der Waals surface area contributed by atoms with Crippen molar-refractivity contribution < 1.29 is 9.53 Å². The molecule has 0 N–H and O–H groups in total. The van der Waals surface area contributed by atoms with E-state index in [9.17, 15) is 4.79 Å². The van der Waals surface area contributed by atoms with Crippen molar-refractivity contribution in [1.29, 1.82) is 0 Å². The van der Waals surface area contributed by atoms with Crippen molar-refractivity contribution in [2.24, 2.45) is 0 Å². The van der Waals surface area contributed by atoms with Crippen molar-refractivity contribution >= 4 is 17.4 Å². The number of nitrogens with zero attached hydrogens (tertiary/aromatic N) is 1. The number of carbonyl (C=O) groups is 1. The Morgan fingerprint density at radius 1 is 1.31 bits per heavy atom. The van der Waals surface area contributed by atoms with E-state index in [4.69, 9.17) is 4.74 Å². The number of hydrogen-bond acceptors (Lipinski definition) is 3. The van der Waals surface area contributed by atoms with Gasteiger partial charge in [-0.05, 0) is 24.3 Å². The summed E-state index contributed by atoms with van der Waals surface area (Å²) in [7, 11) is 0. The van der Waals surface area contributed by atoms with Gasteiger partial charge in [-0.1, -0.05) is 6.07 Å². The second-order valence-electron chi connectivity index (χ2n) is 2.57. The van der Waals surface area contributed by atoms with E-state index in [1.165, 1.54) is 0 Å². The minimum atomic E-state index is 0.414. The van der Waals surface area contributed by atoms with Gasteiger partial charge in [0, 0.05) is 11.6 Å². The fourth-order valence-corrected chi connectivity index (χ4v) is 1.18. The molecule has 3 heteroatoms. The highest BCUT2D eigenvalue weighted by Gasteiger charge is 1.96. The molecule has 0 atom stereocenters. The summed E-state index contributed by atoms with van der Waals surface area (Å²) < 4.78 is 4.71. The molecule has 0 aliphatic rings. The average molecular weight is 173 g/mol. The maximum absolute atomic E-state index is 10.1. The summed E-state index contributed by atoms with van der Waals surface area (Å²) in [6.45, 7) is 0.414. The summed E-state index contributed by atoms with van der Waals surface area (Å²) in [6.07, 6.45) is 1.72. The number of aromatic nitrogens is 1. The number of pyridine rings is 1. The van der Waals surface area contributed by atoms with Crippen LogP contribution in [0.1, 0.15) is 0 Å². The number of carbonyl (C=O) groups excluding carboxylic acids is 1. The Kier molecular flexibility index (Phi) is 1.92. The molecule has 1 aromatic carbocycles. The van der Waals surface area contributed by atoms with Gasteiger partial charge in [0.2, 0.25) is 0 Å². The largest absolute Gasteiger partial charge is 0.429 e. The topological polar surface area (TPSA) is 39.2 Å². The van der Waals surface area contributed by atoms with Crippen LogP contribution in [0.15, 0.2) is 36.5 Å². The van der Waals surface area contributed by atoms with Crippen molar-refractivity contribution in [2.75, 3.05) is 0 Å². The first-order valence-corrected chi connectivity index (χ1v) is 3.85. The Morgan fingerprint density at radius 3 is 3.08 bits per heavy atom. The van der Waals surface area contributed by atoms with Crippen LogP contribution in [-0.4, -0.2) is 11.5 Å². The van der Waals surface area contributed by atoms with Crippen LogP contribution >= 0.6 is 0 Å². The van der Waals surface area contributed by atoms with Crippen molar-refractivity contribution in [2.45, 2.75) is 0 Å². The van der Waals surface area contributed by atoms with E-state index in [1.54, 1.807) is 18.3 Å². The maximum atomic E-state index is 10.1. The van der Waals surface area contributed by atoms with Crippen molar-refractivity contribution in [3.05, 3.63) is 36.5 Å². The molecule has 0 saturated carbocycles. The van der Waals surface area contributed by atoms with Crippen LogP contribution in [0, 0.1) is 0 Å². The van der Waals surface area contributed by atoms with E-state index >= 15 is 0 Å². The second kappa shape index (κ2) is 3.23. The molecular weight excluding hydrogens is 166 g/mol. The standard InChI is InChI=1S/C10H7NO2/c12-7-13-9-3-4-10-8(6-9)2-1-5-11-10/h1-7H. The lowest BCUT2D eigenvalue weighted by atomic mass is 10.2. The molecule has 0 radical (unpaired) electrons. The van der Waals surface area contributed by atoms with Crippen molar-refractivity contribution in [1.82, 2.24) is 4.98 Å². The molecule has 1 heterocycles. The Bertz CT molecular complexity index is 440. The quantitative estimate of drug-likeness (QED) is 0.649. The van der Waals surface area contributed by atoms with Crippen LogP contribution in [0.25, 0.3) is 10.9 Å². The summed E-state index contributed by atoms with van der Waals surface area (Å²) in [5, 5.41) is 0.960. The third kappa shape index (κ3) is 1.49. The molecule has 1 aromatic heterocycles. The minimum absolute atomic E-state index is 0.414. The number of rotatable bonds is 2. The molecular formula is C10H7NO2. The predicted molar refractivity (Wildman–Crippen MR) is 48.4 cm³/mol. The zero-order valence-corrected chi connectivity index (χ0v) is 6.81. The highest BCUT2D eigenvalue weighted by Crippen LogP contribution is 2.17. The Balaban J connectivity index is 2.55. The minimum Gasteiger partial charge on any atom is -0.429 e. The molecule has 0 aliphatic carbocycles. The zero-order valence-electron chi connectivity index (χ0n) is 6.81. The fourth-order valence-electron chi connectivity index (χ4n) is 1.18. The maximum Gasteiger partial charge on any atom is 0.298 e. The summed E-state index contributed by atoms with van der Waals surface area (Å²) in [5.41, 5.74) is 0.890. The smallest absolute Gasteiger partial charge is 0.298 e. The van der Waals surface area contributed by atoms with Crippen LogP contribution in [-0.2, 0) is 4.79 Å². The molecule has 64 valence electrons. The molecule has 0 saturated heterocycles. The van der Waals surface area contributed by atoms with Crippen LogP contribution in [0.2, 0.25) is 0 Å². The Hall–Kier alpha value is -1.90. The first kappa shape index (κ1) is 7.73.